The quantitative estimate of drug-likeness (QED) is 0.595. The minimum absolute atomic E-state index is 0.0144. The van der Waals surface area contributed by atoms with Crippen LogP contribution in [0.15, 0.2) is 52.9 Å². The fourth-order valence-corrected chi connectivity index (χ4v) is 3.05. The zero-order chi connectivity index (χ0) is 19.5. The third kappa shape index (κ3) is 4.34. The van der Waals surface area contributed by atoms with Gasteiger partial charge in [-0.05, 0) is 55.7 Å². The molecule has 1 fully saturated rings. The summed E-state index contributed by atoms with van der Waals surface area (Å²) in [6.07, 6.45) is 1.96. The number of hydrogen-bond donors (Lipinski definition) is 0. The fourth-order valence-electron chi connectivity index (χ4n) is 2.92. The van der Waals surface area contributed by atoms with Crippen molar-refractivity contribution < 1.29 is 13.9 Å². The van der Waals surface area contributed by atoms with E-state index in [0.29, 0.717) is 16.8 Å². The molecule has 1 amide bonds. The molecule has 1 heterocycles. The van der Waals surface area contributed by atoms with Gasteiger partial charge in [0.25, 0.3) is 5.91 Å². The Kier molecular flexibility index (Phi) is 5.30. The second-order valence-electron chi connectivity index (χ2n) is 6.81. The number of amides is 1. The Bertz CT molecular complexity index is 967. The van der Waals surface area contributed by atoms with E-state index >= 15 is 0 Å². The Morgan fingerprint density at radius 2 is 1.93 bits per heavy atom. The van der Waals surface area contributed by atoms with Crippen LogP contribution in [0.1, 0.15) is 24.3 Å². The lowest BCUT2D eigenvalue weighted by Crippen LogP contribution is -2.36. The first kappa shape index (κ1) is 18.5. The van der Waals surface area contributed by atoms with E-state index in [1.807, 2.05) is 43.3 Å². The van der Waals surface area contributed by atoms with Gasteiger partial charge in [-0.15, -0.1) is 10.2 Å². The Hall–Kier alpha value is -2.86. The second kappa shape index (κ2) is 8.02. The van der Waals surface area contributed by atoms with E-state index in [0.717, 1.165) is 29.7 Å². The molecule has 0 bridgehead atoms. The number of carbonyl (C=O) groups excluding carboxylic acids is 1. The van der Waals surface area contributed by atoms with E-state index in [4.69, 9.17) is 20.8 Å². The number of nitrogens with zero attached hydrogens (tertiary/aromatic N) is 3. The average molecular weight is 398 g/mol. The lowest BCUT2D eigenvalue weighted by Gasteiger charge is -2.21. The maximum absolute atomic E-state index is 12.7. The van der Waals surface area contributed by atoms with Crippen molar-refractivity contribution in [3.8, 4) is 17.2 Å². The summed E-state index contributed by atoms with van der Waals surface area (Å²) in [4.78, 5) is 14.5. The number of halogens is 1. The lowest BCUT2D eigenvalue weighted by molar-refractivity contribution is -0.134. The molecule has 144 valence electrons. The van der Waals surface area contributed by atoms with Crippen LogP contribution in [0.3, 0.4) is 0 Å². The molecule has 28 heavy (non-hydrogen) atoms. The molecule has 1 aromatic heterocycles. The van der Waals surface area contributed by atoms with Crippen molar-refractivity contribution in [3.63, 3.8) is 0 Å². The highest BCUT2D eigenvalue weighted by Gasteiger charge is 2.34. The zero-order valence-electron chi connectivity index (χ0n) is 15.5. The number of hydrogen-bond acceptors (Lipinski definition) is 5. The lowest BCUT2D eigenvalue weighted by atomic mass is 10.2. The molecule has 2 aromatic carbocycles. The molecule has 0 N–H and O–H groups in total. The summed E-state index contributed by atoms with van der Waals surface area (Å²) in [6.45, 7) is 2.22. The molecule has 7 heteroatoms. The van der Waals surface area contributed by atoms with Crippen molar-refractivity contribution in [1.82, 2.24) is 15.1 Å². The number of benzene rings is 2. The van der Waals surface area contributed by atoms with Crippen molar-refractivity contribution in [2.45, 2.75) is 32.4 Å². The molecular formula is C21H20ClN3O3. The molecule has 4 rings (SSSR count). The summed E-state index contributed by atoms with van der Waals surface area (Å²) < 4.78 is 11.5. The summed E-state index contributed by atoms with van der Waals surface area (Å²) in [5, 5.41) is 8.82. The smallest absolute Gasteiger partial charge is 0.261 e. The van der Waals surface area contributed by atoms with E-state index in [-0.39, 0.29) is 25.1 Å². The van der Waals surface area contributed by atoms with E-state index in [1.54, 1.807) is 17.0 Å². The first-order valence-electron chi connectivity index (χ1n) is 9.16. The average Bonchev–Trinajstić information content (AvgIpc) is 3.44. The van der Waals surface area contributed by atoms with Gasteiger partial charge in [-0.1, -0.05) is 29.8 Å². The van der Waals surface area contributed by atoms with Gasteiger partial charge in [-0.25, -0.2) is 0 Å². The van der Waals surface area contributed by atoms with Gasteiger partial charge >= 0.3 is 0 Å². The third-order valence-corrected chi connectivity index (χ3v) is 4.87. The molecule has 0 atom stereocenters. The van der Waals surface area contributed by atoms with Crippen LogP contribution in [0.5, 0.6) is 5.75 Å². The zero-order valence-corrected chi connectivity index (χ0v) is 16.2. The van der Waals surface area contributed by atoms with Crippen LogP contribution in [0.2, 0.25) is 5.02 Å². The molecule has 1 aliphatic rings. The number of ether oxygens (including phenoxy) is 1. The van der Waals surface area contributed by atoms with Crippen molar-refractivity contribution >= 4 is 17.5 Å². The van der Waals surface area contributed by atoms with Gasteiger partial charge in [0.1, 0.15) is 5.75 Å². The number of carbonyl (C=O) groups is 1. The number of aryl methyl sites for hydroxylation is 1. The molecule has 0 spiro atoms. The number of rotatable bonds is 7. The van der Waals surface area contributed by atoms with Crippen LogP contribution >= 0.6 is 11.6 Å². The van der Waals surface area contributed by atoms with Gasteiger partial charge in [0.2, 0.25) is 11.8 Å². The van der Waals surface area contributed by atoms with Crippen LogP contribution in [0.4, 0.5) is 0 Å². The summed E-state index contributed by atoms with van der Waals surface area (Å²) >= 11 is 5.91. The summed E-state index contributed by atoms with van der Waals surface area (Å²) in [5.74, 6) is 1.44. The van der Waals surface area contributed by atoms with Gasteiger partial charge in [0, 0.05) is 16.6 Å². The minimum Gasteiger partial charge on any atom is -0.484 e. The van der Waals surface area contributed by atoms with Crippen LogP contribution in [-0.2, 0) is 11.3 Å². The standard InChI is InChI=1S/C21H20ClN3O3/c1-14-4-2-3-5-18(14)27-13-20(26)25(17-10-11-17)12-19-23-24-21(28-19)15-6-8-16(22)9-7-15/h2-9,17H,10-13H2,1H3. The van der Waals surface area contributed by atoms with Gasteiger partial charge in [-0.2, -0.15) is 0 Å². The van der Waals surface area contributed by atoms with E-state index in [9.17, 15) is 4.79 Å². The normalized spacial score (nSPS) is 13.4. The molecule has 0 unspecified atom stereocenters. The van der Waals surface area contributed by atoms with Gasteiger partial charge in [-0.3, -0.25) is 4.79 Å². The molecule has 0 saturated heterocycles. The number of aromatic nitrogens is 2. The summed E-state index contributed by atoms with van der Waals surface area (Å²) in [7, 11) is 0. The van der Waals surface area contributed by atoms with Crippen molar-refractivity contribution in [2.24, 2.45) is 0 Å². The Balaban J connectivity index is 1.42. The molecule has 0 radical (unpaired) electrons. The van der Waals surface area contributed by atoms with Crippen LogP contribution in [0, 0.1) is 6.92 Å². The predicted octanol–water partition coefficient (Wildman–Crippen LogP) is 4.27. The van der Waals surface area contributed by atoms with Crippen LogP contribution in [0.25, 0.3) is 11.5 Å². The van der Waals surface area contributed by atoms with Crippen molar-refractivity contribution in [1.29, 1.82) is 0 Å². The van der Waals surface area contributed by atoms with Crippen LogP contribution in [-0.4, -0.2) is 33.7 Å². The highest BCUT2D eigenvalue weighted by Crippen LogP contribution is 2.29. The SMILES string of the molecule is Cc1ccccc1OCC(=O)N(Cc1nnc(-c2ccc(Cl)cc2)o1)C1CC1. The molecule has 3 aromatic rings. The first-order valence-corrected chi connectivity index (χ1v) is 9.54. The predicted molar refractivity (Wildman–Crippen MR) is 105 cm³/mol. The number of para-hydroxylation sites is 1. The van der Waals surface area contributed by atoms with Gasteiger partial charge < -0.3 is 14.1 Å². The molecule has 1 saturated carbocycles. The second-order valence-corrected chi connectivity index (χ2v) is 7.25. The van der Waals surface area contributed by atoms with Gasteiger partial charge in [0.15, 0.2) is 6.61 Å². The van der Waals surface area contributed by atoms with E-state index in [2.05, 4.69) is 10.2 Å². The Morgan fingerprint density at radius 3 is 2.64 bits per heavy atom. The van der Waals surface area contributed by atoms with Crippen LogP contribution < -0.4 is 4.74 Å². The monoisotopic (exact) mass is 397 g/mol. The Labute approximate surface area is 168 Å². The van der Waals surface area contributed by atoms with Gasteiger partial charge in [0.05, 0.1) is 6.54 Å². The minimum atomic E-state index is -0.0861. The molecular weight excluding hydrogens is 378 g/mol. The molecule has 6 nitrogen and oxygen atoms in total. The first-order chi connectivity index (χ1) is 13.6. The van der Waals surface area contributed by atoms with Crippen molar-refractivity contribution in [3.05, 3.63) is 65.0 Å². The summed E-state index contributed by atoms with van der Waals surface area (Å²) in [5.41, 5.74) is 1.79. The fraction of sp³-hybridized carbons (Fsp3) is 0.286. The highest BCUT2D eigenvalue weighted by molar-refractivity contribution is 6.30. The highest BCUT2D eigenvalue weighted by atomic mass is 35.5. The Morgan fingerprint density at radius 1 is 1.18 bits per heavy atom. The summed E-state index contributed by atoms with van der Waals surface area (Å²) in [6, 6.07) is 15.0. The maximum Gasteiger partial charge on any atom is 0.261 e. The molecule has 0 aliphatic heterocycles. The topological polar surface area (TPSA) is 68.5 Å². The van der Waals surface area contributed by atoms with E-state index in [1.165, 1.54) is 0 Å². The third-order valence-electron chi connectivity index (χ3n) is 4.62. The molecule has 1 aliphatic carbocycles. The van der Waals surface area contributed by atoms with Crippen molar-refractivity contribution in [2.75, 3.05) is 6.61 Å². The largest absolute Gasteiger partial charge is 0.484 e. The van der Waals surface area contributed by atoms with E-state index < -0.39 is 0 Å². The maximum atomic E-state index is 12.7.